The van der Waals surface area contributed by atoms with E-state index < -0.39 is 11.4 Å². The molecule has 0 radical (unpaired) electrons. The maximum Gasteiger partial charge on any atom is 0.151 e. The van der Waals surface area contributed by atoms with Crippen molar-refractivity contribution in [3.05, 3.63) is 47.1 Å². The molecule has 0 amide bonds. The van der Waals surface area contributed by atoms with E-state index in [4.69, 9.17) is 4.74 Å². The number of carbonyl (C=O) groups excluding carboxylic acids is 1. The van der Waals surface area contributed by atoms with Crippen LogP contribution in [0.1, 0.15) is 58.1 Å². The summed E-state index contributed by atoms with van der Waals surface area (Å²) in [5.41, 5.74) is 2.80. The van der Waals surface area contributed by atoms with Gasteiger partial charge >= 0.3 is 0 Å². The summed E-state index contributed by atoms with van der Waals surface area (Å²) in [6, 6.07) is 2.06. The summed E-state index contributed by atoms with van der Waals surface area (Å²) in [7, 11) is 0. The average Bonchev–Trinajstić information content (AvgIpc) is 3.09. The first-order valence-corrected chi connectivity index (χ1v) is 9.48. The highest BCUT2D eigenvalue weighted by Crippen LogP contribution is 2.36. The number of aryl methyl sites for hydroxylation is 1. The fourth-order valence-electron chi connectivity index (χ4n) is 3.82. The van der Waals surface area contributed by atoms with Gasteiger partial charge in [0.2, 0.25) is 0 Å². The van der Waals surface area contributed by atoms with Crippen molar-refractivity contribution >= 4 is 11.9 Å². The van der Waals surface area contributed by atoms with E-state index in [1.165, 1.54) is 11.1 Å². The number of hydrogen-bond acceptors (Lipinski definition) is 3. The van der Waals surface area contributed by atoms with Crippen molar-refractivity contribution in [3.63, 3.8) is 0 Å². The quantitative estimate of drug-likeness (QED) is 0.520. The van der Waals surface area contributed by atoms with Gasteiger partial charge in [-0.05, 0) is 56.2 Å². The molecule has 3 rings (SSSR count). The highest BCUT2D eigenvalue weighted by Gasteiger charge is 2.33. The fraction of sp³-hybridized carbons (Fsp3) is 0.524. The minimum Gasteiger partial charge on any atom is -0.362 e. The third-order valence-electron chi connectivity index (χ3n) is 5.27. The van der Waals surface area contributed by atoms with E-state index in [-0.39, 0.29) is 12.0 Å². The van der Waals surface area contributed by atoms with Gasteiger partial charge in [0.1, 0.15) is 11.4 Å². The molecule has 0 saturated heterocycles. The van der Waals surface area contributed by atoms with Crippen LogP contribution in [0.3, 0.4) is 0 Å². The third-order valence-corrected chi connectivity index (χ3v) is 5.27. The normalized spacial score (nSPS) is 23.7. The number of aldehydes is 1. The molecule has 1 unspecified atom stereocenters. The molecule has 1 atom stereocenters. The predicted octanol–water partition coefficient (Wildman–Crippen LogP) is 4.78. The molecule has 140 valence electrons. The van der Waals surface area contributed by atoms with E-state index in [1.54, 1.807) is 19.1 Å². The van der Waals surface area contributed by atoms with Crippen LogP contribution in [-0.2, 0) is 16.1 Å². The van der Waals surface area contributed by atoms with Gasteiger partial charge in [-0.3, -0.25) is 9.48 Å². The average molecular weight is 358 g/mol. The Hall–Kier alpha value is -2.01. The van der Waals surface area contributed by atoms with Gasteiger partial charge < -0.3 is 4.74 Å². The Labute approximate surface area is 154 Å². The largest absolute Gasteiger partial charge is 0.362 e. The molecule has 4 nitrogen and oxygen atoms in total. The lowest BCUT2D eigenvalue weighted by Crippen LogP contribution is -2.33. The zero-order valence-corrected chi connectivity index (χ0v) is 15.6. The van der Waals surface area contributed by atoms with E-state index >= 15 is 0 Å². The van der Waals surface area contributed by atoms with Crippen molar-refractivity contribution in [2.45, 2.75) is 64.5 Å². The number of hydrogen-bond donors (Lipinski definition) is 0. The highest BCUT2D eigenvalue weighted by atomic mass is 19.1. The smallest absolute Gasteiger partial charge is 0.151 e. The second-order valence-electron chi connectivity index (χ2n) is 7.17. The molecule has 26 heavy (non-hydrogen) atoms. The summed E-state index contributed by atoms with van der Waals surface area (Å²) < 4.78 is 22.2. The summed E-state index contributed by atoms with van der Waals surface area (Å²) in [5, 5.41) is 4.44. The van der Waals surface area contributed by atoms with Gasteiger partial charge in [-0.2, -0.15) is 5.10 Å². The topological polar surface area (TPSA) is 44.1 Å². The van der Waals surface area contributed by atoms with Crippen molar-refractivity contribution in [1.82, 2.24) is 9.78 Å². The molecular weight excluding hydrogens is 331 g/mol. The molecule has 0 aliphatic heterocycles. The Bertz CT molecular complexity index is 760. The van der Waals surface area contributed by atoms with Crippen molar-refractivity contribution in [3.8, 4) is 0 Å². The summed E-state index contributed by atoms with van der Waals surface area (Å²) in [5.74, 6) is -0.399. The van der Waals surface area contributed by atoms with E-state index in [9.17, 15) is 9.18 Å². The molecule has 0 saturated carbocycles. The second-order valence-corrected chi connectivity index (χ2v) is 7.17. The Morgan fingerprint density at radius 1 is 1.38 bits per heavy atom. The SMILES string of the molecule is CCCn1nccc1C1=C(COC2(C)C=CCC(F)=C2C=O)CCCC1. The molecule has 0 fully saturated rings. The van der Waals surface area contributed by atoms with Crippen LogP contribution in [0, 0.1) is 0 Å². The van der Waals surface area contributed by atoms with Crippen molar-refractivity contribution < 1.29 is 13.9 Å². The van der Waals surface area contributed by atoms with Crippen LogP contribution >= 0.6 is 0 Å². The molecule has 5 heteroatoms. The van der Waals surface area contributed by atoms with Gasteiger partial charge in [-0.15, -0.1) is 0 Å². The number of ether oxygens (including phenoxy) is 1. The van der Waals surface area contributed by atoms with Crippen LogP contribution in [0.2, 0.25) is 0 Å². The van der Waals surface area contributed by atoms with E-state index in [2.05, 4.69) is 22.8 Å². The van der Waals surface area contributed by atoms with Crippen molar-refractivity contribution in [2.24, 2.45) is 0 Å². The number of aromatic nitrogens is 2. The van der Waals surface area contributed by atoms with E-state index in [1.807, 2.05) is 6.20 Å². The number of allylic oxidation sites excluding steroid dienone is 3. The van der Waals surface area contributed by atoms with Crippen molar-refractivity contribution in [2.75, 3.05) is 6.61 Å². The lowest BCUT2D eigenvalue weighted by Gasteiger charge is -2.31. The predicted molar refractivity (Wildman–Crippen MR) is 100 cm³/mol. The lowest BCUT2D eigenvalue weighted by atomic mass is 9.88. The molecule has 2 aliphatic rings. The highest BCUT2D eigenvalue weighted by molar-refractivity contribution is 5.79. The van der Waals surface area contributed by atoms with Crippen LogP contribution in [-0.4, -0.2) is 28.3 Å². The van der Waals surface area contributed by atoms with Crippen LogP contribution in [0.5, 0.6) is 0 Å². The molecular formula is C21H27FN2O2. The summed E-state index contributed by atoms with van der Waals surface area (Å²) in [6.07, 6.45) is 11.4. The van der Waals surface area contributed by atoms with Gasteiger partial charge in [0.05, 0.1) is 17.9 Å². The molecule has 2 aliphatic carbocycles. The van der Waals surface area contributed by atoms with Gasteiger partial charge in [0.25, 0.3) is 0 Å². The molecule has 0 bridgehead atoms. The molecule has 1 aromatic rings. The van der Waals surface area contributed by atoms with E-state index in [0.29, 0.717) is 12.9 Å². The Balaban J connectivity index is 1.85. The standard InChI is InChI=1S/C21H27FN2O2/c1-3-13-24-20(10-12-23-24)17-8-5-4-7-16(17)15-26-21(2)11-6-9-19(22)18(21)14-25/h6,10-12,14H,3-5,7-9,13,15H2,1-2H3. The Kier molecular flexibility index (Phi) is 5.87. The zero-order chi connectivity index (χ0) is 18.6. The Morgan fingerprint density at radius 3 is 2.96 bits per heavy atom. The van der Waals surface area contributed by atoms with Gasteiger partial charge in [0.15, 0.2) is 6.29 Å². The van der Waals surface area contributed by atoms with Crippen molar-refractivity contribution in [1.29, 1.82) is 0 Å². The lowest BCUT2D eigenvalue weighted by molar-refractivity contribution is -0.107. The molecule has 0 N–H and O–H groups in total. The number of nitrogens with zero attached hydrogens (tertiary/aromatic N) is 2. The molecule has 1 aromatic heterocycles. The molecule has 0 spiro atoms. The fourth-order valence-corrected chi connectivity index (χ4v) is 3.82. The maximum atomic E-state index is 14.0. The first kappa shape index (κ1) is 18.8. The number of halogens is 1. The van der Waals surface area contributed by atoms with Crippen LogP contribution in [0.4, 0.5) is 4.39 Å². The van der Waals surface area contributed by atoms with Crippen LogP contribution in [0.15, 0.2) is 41.4 Å². The van der Waals surface area contributed by atoms with Crippen LogP contribution < -0.4 is 0 Å². The number of carbonyl (C=O) groups is 1. The second kappa shape index (κ2) is 8.12. The molecule has 1 heterocycles. The minimum absolute atomic E-state index is 0.106. The number of rotatable bonds is 7. The monoisotopic (exact) mass is 358 g/mol. The van der Waals surface area contributed by atoms with Gasteiger partial charge in [-0.25, -0.2) is 4.39 Å². The summed E-state index contributed by atoms with van der Waals surface area (Å²) in [4.78, 5) is 11.4. The minimum atomic E-state index is -0.997. The first-order chi connectivity index (χ1) is 12.6. The third kappa shape index (κ3) is 3.73. The molecule has 0 aromatic carbocycles. The van der Waals surface area contributed by atoms with Crippen LogP contribution in [0.25, 0.3) is 5.57 Å². The van der Waals surface area contributed by atoms with Gasteiger partial charge in [0, 0.05) is 19.2 Å². The summed E-state index contributed by atoms with van der Waals surface area (Å²) in [6.45, 7) is 5.20. The van der Waals surface area contributed by atoms with Gasteiger partial charge in [-0.1, -0.05) is 19.1 Å². The maximum absolute atomic E-state index is 14.0. The first-order valence-electron chi connectivity index (χ1n) is 9.48. The zero-order valence-electron chi connectivity index (χ0n) is 15.6. The van der Waals surface area contributed by atoms with E-state index in [0.717, 1.165) is 44.3 Å². The summed E-state index contributed by atoms with van der Waals surface area (Å²) >= 11 is 0. The Morgan fingerprint density at radius 2 is 2.19 bits per heavy atom.